The zero-order chi connectivity index (χ0) is 15.1. The van der Waals surface area contributed by atoms with Crippen LogP contribution in [0.4, 0.5) is 0 Å². The molecule has 0 spiro atoms. The summed E-state index contributed by atoms with van der Waals surface area (Å²) in [5.74, 6) is 3.13. The van der Waals surface area contributed by atoms with Crippen LogP contribution in [0.25, 0.3) is 0 Å². The lowest BCUT2D eigenvalue weighted by atomic mass is 10.1. The van der Waals surface area contributed by atoms with Crippen LogP contribution in [0.1, 0.15) is 17.2 Å². The fourth-order valence-electron chi connectivity index (χ4n) is 2.81. The molecule has 0 N–H and O–H groups in total. The van der Waals surface area contributed by atoms with Crippen LogP contribution >= 0.6 is 0 Å². The standard InChI is InChI=1S/C15H16N4O3/c1-10-16-14-8-18(4-5-19(14)17-10)15(20)7-11-2-3-12-13(6-11)22-9-21-12/h2-3,6H,4-5,7-9H2,1H3. The Kier molecular flexibility index (Phi) is 2.99. The molecule has 2 aliphatic rings. The Balaban J connectivity index is 1.46. The Morgan fingerprint density at radius 2 is 2.14 bits per heavy atom. The largest absolute Gasteiger partial charge is 0.454 e. The maximum Gasteiger partial charge on any atom is 0.231 e. The van der Waals surface area contributed by atoms with Crippen molar-refractivity contribution < 1.29 is 14.3 Å². The molecule has 0 radical (unpaired) electrons. The first kappa shape index (κ1) is 13.1. The minimum atomic E-state index is 0.0887. The van der Waals surface area contributed by atoms with E-state index in [1.807, 2.05) is 34.7 Å². The number of hydrogen-bond acceptors (Lipinski definition) is 5. The average molecular weight is 300 g/mol. The van der Waals surface area contributed by atoms with Gasteiger partial charge in [-0.05, 0) is 24.6 Å². The van der Waals surface area contributed by atoms with E-state index < -0.39 is 0 Å². The summed E-state index contributed by atoms with van der Waals surface area (Å²) in [7, 11) is 0. The second kappa shape index (κ2) is 5.01. The third-order valence-corrected chi connectivity index (χ3v) is 3.91. The summed E-state index contributed by atoms with van der Waals surface area (Å²) in [5.41, 5.74) is 0.928. The minimum Gasteiger partial charge on any atom is -0.454 e. The number of aromatic nitrogens is 3. The summed E-state index contributed by atoms with van der Waals surface area (Å²) >= 11 is 0. The molecule has 7 nitrogen and oxygen atoms in total. The van der Waals surface area contributed by atoms with Gasteiger partial charge in [-0.25, -0.2) is 9.67 Å². The van der Waals surface area contributed by atoms with Crippen molar-refractivity contribution in [1.82, 2.24) is 19.7 Å². The van der Waals surface area contributed by atoms with E-state index in [1.54, 1.807) is 0 Å². The maximum atomic E-state index is 12.5. The van der Waals surface area contributed by atoms with Gasteiger partial charge in [-0.1, -0.05) is 6.07 Å². The van der Waals surface area contributed by atoms with Crippen molar-refractivity contribution in [1.29, 1.82) is 0 Å². The number of ether oxygens (including phenoxy) is 2. The third kappa shape index (κ3) is 2.28. The van der Waals surface area contributed by atoms with Gasteiger partial charge in [-0.2, -0.15) is 5.10 Å². The van der Waals surface area contributed by atoms with Crippen LogP contribution in [0.15, 0.2) is 18.2 Å². The zero-order valence-electron chi connectivity index (χ0n) is 12.3. The van der Waals surface area contributed by atoms with Crippen molar-refractivity contribution in [2.75, 3.05) is 13.3 Å². The number of nitrogens with zero attached hydrogens (tertiary/aromatic N) is 4. The SMILES string of the molecule is Cc1nc2n(n1)CCN(C(=O)Cc1ccc3c(c1)OCO3)C2. The summed E-state index contributed by atoms with van der Waals surface area (Å²) in [4.78, 5) is 18.7. The normalized spacial score (nSPS) is 15.8. The molecule has 2 aromatic rings. The predicted molar refractivity (Wildman–Crippen MR) is 76.4 cm³/mol. The quantitative estimate of drug-likeness (QED) is 0.824. The molecule has 0 unspecified atom stereocenters. The van der Waals surface area contributed by atoms with Crippen molar-refractivity contribution in [3.8, 4) is 11.5 Å². The van der Waals surface area contributed by atoms with Crippen molar-refractivity contribution in [3.63, 3.8) is 0 Å². The van der Waals surface area contributed by atoms with Crippen molar-refractivity contribution in [2.24, 2.45) is 0 Å². The topological polar surface area (TPSA) is 69.5 Å². The molecule has 0 bridgehead atoms. The highest BCUT2D eigenvalue weighted by Crippen LogP contribution is 2.32. The van der Waals surface area contributed by atoms with E-state index in [9.17, 15) is 4.79 Å². The van der Waals surface area contributed by atoms with E-state index in [-0.39, 0.29) is 12.7 Å². The minimum absolute atomic E-state index is 0.0887. The molecule has 0 fully saturated rings. The highest BCUT2D eigenvalue weighted by molar-refractivity contribution is 5.79. The van der Waals surface area contributed by atoms with Gasteiger partial charge in [0.1, 0.15) is 11.6 Å². The summed E-state index contributed by atoms with van der Waals surface area (Å²) in [6.07, 6.45) is 0.351. The molecule has 1 aromatic carbocycles. The molecule has 0 aliphatic carbocycles. The van der Waals surface area contributed by atoms with Crippen LogP contribution in [0.3, 0.4) is 0 Å². The molecule has 0 saturated heterocycles. The predicted octanol–water partition coefficient (Wildman–Crippen LogP) is 0.900. The van der Waals surface area contributed by atoms with Gasteiger partial charge < -0.3 is 14.4 Å². The van der Waals surface area contributed by atoms with Gasteiger partial charge in [0, 0.05) is 6.54 Å². The van der Waals surface area contributed by atoms with Crippen molar-refractivity contribution >= 4 is 5.91 Å². The van der Waals surface area contributed by atoms with E-state index in [2.05, 4.69) is 10.1 Å². The van der Waals surface area contributed by atoms with Crippen LogP contribution in [-0.2, 0) is 24.3 Å². The molecule has 114 valence electrons. The van der Waals surface area contributed by atoms with Crippen LogP contribution in [-0.4, -0.2) is 38.9 Å². The van der Waals surface area contributed by atoms with Crippen LogP contribution in [0.5, 0.6) is 11.5 Å². The van der Waals surface area contributed by atoms with E-state index in [0.717, 1.165) is 23.0 Å². The molecule has 3 heterocycles. The average Bonchev–Trinajstić information content (AvgIpc) is 3.10. The fourth-order valence-corrected chi connectivity index (χ4v) is 2.81. The summed E-state index contributed by atoms with van der Waals surface area (Å²) < 4.78 is 12.5. The number of hydrogen-bond donors (Lipinski definition) is 0. The summed E-state index contributed by atoms with van der Waals surface area (Å²) in [5, 5.41) is 4.31. The first-order valence-electron chi connectivity index (χ1n) is 7.26. The molecular weight excluding hydrogens is 284 g/mol. The first-order valence-corrected chi connectivity index (χ1v) is 7.26. The van der Waals surface area contributed by atoms with Crippen LogP contribution in [0, 0.1) is 6.92 Å². The highest BCUT2D eigenvalue weighted by Gasteiger charge is 2.23. The van der Waals surface area contributed by atoms with Gasteiger partial charge in [-0.15, -0.1) is 0 Å². The molecule has 2 aliphatic heterocycles. The fraction of sp³-hybridized carbons (Fsp3) is 0.400. The van der Waals surface area contributed by atoms with E-state index in [1.165, 1.54) is 0 Å². The lowest BCUT2D eigenvalue weighted by Crippen LogP contribution is -2.39. The molecule has 4 rings (SSSR count). The Bertz CT molecular complexity index is 740. The van der Waals surface area contributed by atoms with E-state index >= 15 is 0 Å². The van der Waals surface area contributed by atoms with Gasteiger partial charge in [0.15, 0.2) is 11.5 Å². The Labute approximate surface area is 127 Å². The molecule has 22 heavy (non-hydrogen) atoms. The highest BCUT2D eigenvalue weighted by atomic mass is 16.7. The number of rotatable bonds is 2. The summed E-state index contributed by atoms with van der Waals surface area (Å²) in [6.45, 7) is 3.99. The Morgan fingerprint density at radius 3 is 3.05 bits per heavy atom. The van der Waals surface area contributed by atoms with Crippen LogP contribution in [0.2, 0.25) is 0 Å². The van der Waals surface area contributed by atoms with Gasteiger partial charge in [-0.3, -0.25) is 4.79 Å². The smallest absolute Gasteiger partial charge is 0.231 e. The molecule has 1 amide bonds. The molecule has 7 heteroatoms. The van der Waals surface area contributed by atoms with Gasteiger partial charge >= 0.3 is 0 Å². The second-order valence-corrected chi connectivity index (χ2v) is 5.48. The van der Waals surface area contributed by atoms with Gasteiger partial charge in [0.05, 0.1) is 19.5 Å². The first-order chi connectivity index (χ1) is 10.7. The maximum absolute atomic E-state index is 12.5. The number of aryl methyl sites for hydroxylation is 1. The van der Waals surface area contributed by atoms with Crippen molar-refractivity contribution in [2.45, 2.75) is 26.4 Å². The second-order valence-electron chi connectivity index (χ2n) is 5.48. The molecule has 1 aromatic heterocycles. The van der Waals surface area contributed by atoms with Gasteiger partial charge in [0.25, 0.3) is 0 Å². The Morgan fingerprint density at radius 1 is 1.27 bits per heavy atom. The Hall–Kier alpha value is -2.57. The van der Waals surface area contributed by atoms with Crippen molar-refractivity contribution in [3.05, 3.63) is 35.4 Å². The van der Waals surface area contributed by atoms with E-state index in [4.69, 9.17) is 9.47 Å². The number of amides is 1. The number of carbonyl (C=O) groups is 1. The monoisotopic (exact) mass is 300 g/mol. The van der Waals surface area contributed by atoms with E-state index in [0.29, 0.717) is 31.8 Å². The molecule has 0 saturated carbocycles. The summed E-state index contributed by atoms with van der Waals surface area (Å²) in [6, 6.07) is 5.62. The van der Waals surface area contributed by atoms with Gasteiger partial charge in [0.2, 0.25) is 12.7 Å². The number of carbonyl (C=O) groups excluding carboxylic acids is 1. The number of fused-ring (bicyclic) bond motifs is 2. The molecule has 0 atom stereocenters. The lowest BCUT2D eigenvalue weighted by Gasteiger charge is -2.26. The molecular formula is C15H16N4O3. The lowest BCUT2D eigenvalue weighted by molar-refractivity contribution is -0.132. The number of benzene rings is 1. The third-order valence-electron chi connectivity index (χ3n) is 3.91. The van der Waals surface area contributed by atoms with Crippen LogP contribution < -0.4 is 9.47 Å². The zero-order valence-corrected chi connectivity index (χ0v) is 12.3.